The molecule has 112 valence electrons. The highest BCUT2D eigenvalue weighted by Gasteiger charge is 2.28. The predicted octanol–water partition coefficient (Wildman–Crippen LogP) is -3.40. The lowest BCUT2D eigenvalue weighted by molar-refractivity contribution is -0.137. The molecule has 0 heterocycles. The number of carbonyl (C=O) groups is 5. The molecule has 8 N–H and O–H groups in total. The van der Waals surface area contributed by atoms with Crippen molar-refractivity contribution in [2.45, 2.75) is 25.0 Å². The molecule has 11 heteroatoms. The average Bonchev–Trinajstić information content (AvgIpc) is 2.25. The largest absolute Gasteiger partial charge is 0.509 e. The zero-order chi connectivity index (χ0) is 15.9. The smallest absolute Gasteiger partial charge is 0.420 e. The summed E-state index contributed by atoms with van der Waals surface area (Å²) in [5.74, 6) is -4.20. The molecule has 0 saturated carbocycles. The number of amides is 4. The number of carbonyl (C=O) groups excluding carboxylic acids is 5. The van der Waals surface area contributed by atoms with Crippen LogP contribution < -0.4 is 22.9 Å². The Morgan fingerprint density at radius 2 is 1.00 bits per heavy atom. The standard InChI is InChI=1S/C9H14N4O7/c10-5(14)1-3(7(12)16)19-9(18)20-4(8(13)17)2-6(11)15/h3-4H,1-2H2,(H2,10,14)(H2,11,15)(H2,12,16)(H2,13,17). The Balaban J connectivity index is 4.63. The van der Waals surface area contributed by atoms with E-state index in [9.17, 15) is 24.0 Å². The number of nitrogens with two attached hydrogens (primary N) is 4. The Hall–Kier alpha value is -2.85. The molecule has 0 aromatic heterocycles. The first-order chi connectivity index (χ1) is 9.13. The van der Waals surface area contributed by atoms with Crippen LogP contribution in [0.5, 0.6) is 0 Å². The maximum Gasteiger partial charge on any atom is 0.509 e. The Morgan fingerprint density at radius 1 is 0.700 bits per heavy atom. The molecule has 0 bridgehead atoms. The van der Waals surface area contributed by atoms with Crippen molar-refractivity contribution in [3.05, 3.63) is 0 Å². The average molecular weight is 290 g/mol. The molecule has 0 aliphatic heterocycles. The third-order valence-electron chi connectivity index (χ3n) is 1.88. The van der Waals surface area contributed by atoms with E-state index in [0.29, 0.717) is 0 Å². The van der Waals surface area contributed by atoms with E-state index < -0.39 is 54.8 Å². The van der Waals surface area contributed by atoms with Gasteiger partial charge in [0.2, 0.25) is 11.8 Å². The van der Waals surface area contributed by atoms with Gasteiger partial charge < -0.3 is 32.4 Å². The second-order valence-corrected chi connectivity index (χ2v) is 3.61. The highest BCUT2D eigenvalue weighted by Crippen LogP contribution is 2.04. The summed E-state index contributed by atoms with van der Waals surface area (Å²) in [5, 5.41) is 0. The number of hydrogen-bond acceptors (Lipinski definition) is 7. The van der Waals surface area contributed by atoms with Gasteiger partial charge in [-0.3, -0.25) is 19.2 Å². The number of hydrogen-bond donors (Lipinski definition) is 4. The van der Waals surface area contributed by atoms with E-state index in [-0.39, 0.29) is 0 Å². The van der Waals surface area contributed by atoms with E-state index in [1.807, 2.05) is 0 Å². The van der Waals surface area contributed by atoms with Crippen LogP contribution in [-0.2, 0) is 28.7 Å². The van der Waals surface area contributed by atoms with Crippen LogP contribution >= 0.6 is 0 Å². The molecule has 20 heavy (non-hydrogen) atoms. The minimum atomic E-state index is -1.66. The summed E-state index contributed by atoms with van der Waals surface area (Å²) in [7, 11) is 0. The number of ether oxygens (including phenoxy) is 2. The fraction of sp³-hybridized carbons (Fsp3) is 0.444. The maximum atomic E-state index is 11.3. The van der Waals surface area contributed by atoms with Gasteiger partial charge in [0.15, 0.2) is 12.2 Å². The first kappa shape index (κ1) is 17.2. The summed E-state index contributed by atoms with van der Waals surface area (Å²) in [4.78, 5) is 54.3. The van der Waals surface area contributed by atoms with Gasteiger partial charge in [0.25, 0.3) is 11.8 Å². The molecular weight excluding hydrogens is 276 g/mol. The van der Waals surface area contributed by atoms with E-state index in [4.69, 9.17) is 22.9 Å². The monoisotopic (exact) mass is 290 g/mol. The first-order valence-corrected chi connectivity index (χ1v) is 5.16. The lowest BCUT2D eigenvalue weighted by atomic mass is 10.2. The summed E-state index contributed by atoms with van der Waals surface area (Å²) in [5.41, 5.74) is 19.3. The van der Waals surface area contributed by atoms with Crippen LogP contribution in [0.3, 0.4) is 0 Å². The molecule has 0 aromatic carbocycles. The van der Waals surface area contributed by atoms with Gasteiger partial charge in [0, 0.05) is 0 Å². The summed E-state index contributed by atoms with van der Waals surface area (Å²) in [6.45, 7) is 0. The highest BCUT2D eigenvalue weighted by molar-refractivity contribution is 5.89. The van der Waals surface area contributed by atoms with E-state index in [0.717, 1.165) is 0 Å². The normalized spacial score (nSPS) is 12.8. The summed E-state index contributed by atoms with van der Waals surface area (Å²) in [6, 6.07) is 0. The van der Waals surface area contributed by atoms with Crippen LogP contribution in [0.25, 0.3) is 0 Å². The minimum absolute atomic E-state index is 0.665. The first-order valence-electron chi connectivity index (χ1n) is 5.16. The highest BCUT2D eigenvalue weighted by atomic mass is 16.7. The Labute approximate surface area is 112 Å². The molecule has 2 unspecified atom stereocenters. The molecule has 0 aliphatic carbocycles. The lowest BCUT2D eigenvalue weighted by Crippen LogP contribution is -2.40. The Bertz CT molecular complexity index is 398. The summed E-state index contributed by atoms with van der Waals surface area (Å²) >= 11 is 0. The van der Waals surface area contributed by atoms with Crippen molar-refractivity contribution in [1.82, 2.24) is 0 Å². The van der Waals surface area contributed by atoms with Crippen molar-refractivity contribution >= 4 is 29.8 Å². The number of primary amides is 4. The van der Waals surface area contributed by atoms with E-state index in [1.165, 1.54) is 0 Å². The van der Waals surface area contributed by atoms with E-state index in [1.54, 1.807) is 0 Å². The van der Waals surface area contributed by atoms with Gasteiger partial charge in [-0.25, -0.2) is 4.79 Å². The third-order valence-corrected chi connectivity index (χ3v) is 1.88. The van der Waals surface area contributed by atoms with Crippen LogP contribution in [0.1, 0.15) is 12.8 Å². The molecule has 2 atom stereocenters. The van der Waals surface area contributed by atoms with Crippen molar-refractivity contribution in [2.75, 3.05) is 0 Å². The van der Waals surface area contributed by atoms with Gasteiger partial charge >= 0.3 is 6.16 Å². The predicted molar refractivity (Wildman–Crippen MR) is 61.2 cm³/mol. The van der Waals surface area contributed by atoms with Crippen LogP contribution in [0.15, 0.2) is 0 Å². The Kier molecular flexibility index (Phi) is 6.48. The maximum absolute atomic E-state index is 11.3. The summed E-state index contributed by atoms with van der Waals surface area (Å²) < 4.78 is 8.78. The van der Waals surface area contributed by atoms with Gasteiger partial charge in [0.1, 0.15) is 0 Å². The molecule has 0 fully saturated rings. The second-order valence-electron chi connectivity index (χ2n) is 3.61. The van der Waals surface area contributed by atoms with Crippen molar-refractivity contribution in [2.24, 2.45) is 22.9 Å². The van der Waals surface area contributed by atoms with Crippen LogP contribution in [-0.4, -0.2) is 42.0 Å². The zero-order valence-corrected chi connectivity index (χ0v) is 10.2. The van der Waals surface area contributed by atoms with Gasteiger partial charge in [-0.05, 0) is 0 Å². The molecule has 0 aliphatic rings. The van der Waals surface area contributed by atoms with Crippen LogP contribution in [0.2, 0.25) is 0 Å². The molecule has 11 nitrogen and oxygen atoms in total. The molecular formula is C9H14N4O7. The zero-order valence-electron chi connectivity index (χ0n) is 10.2. The SMILES string of the molecule is NC(=O)CC(OC(=O)OC(CC(N)=O)C(N)=O)C(N)=O. The van der Waals surface area contributed by atoms with Crippen molar-refractivity contribution in [3.8, 4) is 0 Å². The van der Waals surface area contributed by atoms with Crippen LogP contribution in [0.4, 0.5) is 4.79 Å². The number of rotatable bonds is 8. The lowest BCUT2D eigenvalue weighted by Gasteiger charge is -2.16. The molecule has 0 spiro atoms. The third kappa shape index (κ3) is 6.78. The summed E-state index contributed by atoms with van der Waals surface area (Å²) in [6.07, 6.45) is -6.19. The molecule has 0 saturated heterocycles. The van der Waals surface area contributed by atoms with Crippen molar-refractivity contribution < 1.29 is 33.4 Å². The van der Waals surface area contributed by atoms with Gasteiger partial charge in [-0.15, -0.1) is 0 Å². The fourth-order valence-corrected chi connectivity index (χ4v) is 1.03. The molecule has 0 aromatic rings. The topological polar surface area (TPSA) is 208 Å². The van der Waals surface area contributed by atoms with Gasteiger partial charge in [0.05, 0.1) is 12.8 Å². The van der Waals surface area contributed by atoms with Crippen LogP contribution in [0, 0.1) is 0 Å². The van der Waals surface area contributed by atoms with Gasteiger partial charge in [-0.1, -0.05) is 0 Å². The van der Waals surface area contributed by atoms with Gasteiger partial charge in [-0.2, -0.15) is 0 Å². The second kappa shape index (κ2) is 7.56. The van der Waals surface area contributed by atoms with E-state index >= 15 is 0 Å². The fourth-order valence-electron chi connectivity index (χ4n) is 1.03. The van der Waals surface area contributed by atoms with Crippen molar-refractivity contribution in [1.29, 1.82) is 0 Å². The molecule has 4 amide bonds. The van der Waals surface area contributed by atoms with Crippen molar-refractivity contribution in [3.63, 3.8) is 0 Å². The molecule has 0 rings (SSSR count). The molecule has 0 radical (unpaired) electrons. The quantitative estimate of drug-likeness (QED) is 0.332. The minimum Gasteiger partial charge on any atom is -0.420 e. The van der Waals surface area contributed by atoms with E-state index in [2.05, 4.69) is 9.47 Å². The Morgan fingerprint density at radius 3 is 1.20 bits per heavy atom.